The normalized spacial score (nSPS) is 10.4. The van der Waals surface area contributed by atoms with Gasteiger partial charge in [0.25, 0.3) is 11.6 Å². The lowest BCUT2D eigenvalue weighted by Crippen LogP contribution is -2.30. The number of rotatable bonds is 8. The van der Waals surface area contributed by atoms with Crippen LogP contribution in [-0.2, 0) is 13.1 Å². The third kappa shape index (κ3) is 4.73. The monoisotopic (exact) mass is 396 g/mol. The number of nitrogens with zero attached hydrogens (tertiary/aromatic N) is 2. The molecule has 0 atom stereocenters. The number of ether oxygens (including phenoxy) is 2. The van der Waals surface area contributed by atoms with Gasteiger partial charge in [-0.15, -0.1) is 0 Å². The lowest BCUT2D eigenvalue weighted by molar-refractivity contribution is -0.384. The Labute approximate surface area is 167 Å². The highest BCUT2D eigenvalue weighted by Gasteiger charge is 2.20. The molecule has 0 saturated carbocycles. The Bertz CT molecular complexity index is 1000. The summed E-state index contributed by atoms with van der Waals surface area (Å²) in [5.41, 5.74) is 0.902. The van der Waals surface area contributed by atoms with Crippen LogP contribution in [0.4, 0.5) is 5.69 Å². The second-order valence-corrected chi connectivity index (χ2v) is 6.24. The molecule has 0 aliphatic heterocycles. The summed E-state index contributed by atoms with van der Waals surface area (Å²) in [5.74, 6) is 1.38. The van der Waals surface area contributed by atoms with Crippen LogP contribution >= 0.6 is 0 Å². The van der Waals surface area contributed by atoms with Crippen LogP contribution in [0.2, 0.25) is 0 Å². The number of amides is 1. The van der Waals surface area contributed by atoms with Crippen LogP contribution in [0.15, 0.2) is 65.3 Å². The number of hydrogen-bond donors (Lipinski definition) is 0. The molecule has 29 heavy (non-hydrogen) atoms. The van der Waals surface area contributed by atoms with Gasteiger partial charge in [0.15, 0.2) is 11.5 Å². The highest BCUT2D eigenvalue weighted by molar-refractivity contribution is 5.94. The smallest absolute Gasteiger partial charge is 0.270 e. The lowest BCUT2D eigenvalue weighted by Gasteiger charge is -2.22. The predicted octanol–water partition coefficient (Wildman–Crippen LogP) is 4.05. The zero-order valence-corrected chi connectivity index (χ0v) is 16.0. The molecule has 0 aliphatic rings. The van der Waals surface area contributed by atoms with E-state index in [1.165, 1.54) is 31.6 Å². The van der Waals surface area contributed by atoms with Crippen LogP contribution < -0.4 is 9.47 Å². The number of methoxy groups -OCH3 is 2. The largest absolute Gasteiger partial charge is 0.493 e. The minimum Gasteiger partial charge on any atom is -0.493 e. The summed E-state index contributed by atoms with van der Waals surface area (Å²) in [4.78, 5) is 25.2. The molecule has 150 valence electrons. The van der Waals surface area contributed by atoms with Gasteiger partial charge in [0.1, 0.15) is 5.76 Å². The van der Waals surface area contributed by atoms with Gasteiger partial charge in [0.2, 0.25) is 0 Å². The Morgan fingerprint density at radius 2 is 1.83 bits per heavy atom. The molecule has 8 heteroatoms. The maximum absolute atomic E-state index is 13.1. The summed E-state index contributed by atoms with van der Waals surface area (Å²) in [6.45, 7) is 0.464. The van der Waals surface area contributed by atoms with Crippen LogP contribution in [0.5, 0.6) is 11.5 Å². The average molecular weight is 396 g/mol. The highest BCUT2D eigenvalue weighted by Crippen LogP contribution is 2.28. The summed E-state index contributed by atoms with van der Waals surface area (Å²) < 4.78 is 16.0. The van der Waals surface area contributed by atoms with Crippen LogP contribution in [0.25, 0.3) is 0 Å². The third-order valence-corrected chi connectivity index (χ3v) is 4.34. The highest BCUT2D eigenvalue weighted by atomic mass is 16.6. The maximum atomic E-state index is 13.1. The van der Waals surface area contributed by atoms with E-state index in [4.69, 9.17) is 13.9 Å². The van der Waals surface area contributed by atoms with Crippen LogP contribution in [0.3, 0.4) is 0 Å². The molecular formula is C21H20N2O6. The molecule has 0 fully saturated rings. The molecule has 0 unspecified atom stereocenters. The van der Waals surface area contributed by atoms with Crippen LogP contribution in [0, 0.1) is 10.1 Å². The van der Waals surface area contributed by atoms with Crippen molar-refractivity contribution >= 4 is 11.6 Å². The van der Waals surface area contributed by atoms with Gasteiger partial charge in [-0.3, -0.25) is 14.9 Å². The second-order valence-electron chi connectivity index (χ2n) is 6.24. The van der Waals surface area contributed by atoms with Crippen molar-refractivity contribution in [2.45, 2.75) is 13.1 Å². The minimum atomic E-state index is -0.526. The number of furan rings is 1. The summed E-state index contributed by atoms with van der Waals surface area (Å²) in [5, 5.41) is 11.1. The zero-order chi connectivity index (χ0) is 20.8. The molecule has 1 amide bonds. The van der Waals surface area contributed by atoms with Crippen molar-refractivity contribution in [2.75, 3.05) is 14.2 Å². The molecule has 0 N–H and O–H groups in total. The first-order valence-electron chi connectivity index (χ1n) is 8.79. The van der Waals surface area contributed by atoms with E-state index in [0.29, 0.717) is 17.3 Å². The van der Waals surface area contributed by atoms with Gasteiger partial charge >= 0.3 is 0 Å². The van der Waals surface area contributed by atoms with E-state index in [9.17, 15) is 14.9 Å². The molecule has 8 nitrogen and oxygen atoms in total. The molecule has 2 aromatic carbocycles. The van der Waals surface area contributed by atoms with E-state index in [2.05, 4.69) is 0 Å². The first kappa shape index (κ1) is 19.9. The number of nitro groups is 1. The lowest BCUT2D eigenvalue weighted by atomic mass is 10.1. The van der Waals surface area contributed by atoms with Gasteiger partial charge < -0.3 is 18.8 Å². The Morgan fingerprint density at radius 3 is 2.48 bits per heavy atom. The molecule has 3 rings (SSSR count). The van der Waals surface area contributed by atoms with Crippen molar-refractivity contribution in [2.24, 2.45) is 0 Å². The van der Waals surface area contributed by atoms with Crippen molar-refractivity contribution in [1.29, 1.82) is 0 Å². The van der Waals surface area contributed by atoms with Gasteiger partial charge in [-0.2, -0.15) is 0 Å². The SMILES string of the molecule is COc1ccc(CN(Cc2ccco2)C(=O)c2cccc([N+](=O)[O-])c2)cc1OC. The Kier molecular flexibility index (Phi) is 6.13. The van der Waals surface area contributed by atoms with Gasteiger partial charge in [-0.05, 0) is 35.9 Å². The van der Waals surface area contributed by atoms with Crippen molar-refractivity contribution in [3.05, 3.63) is 87.9 Å². The molecule has 0 radical (unpaired) electrons. The molecule has 0 spiro atoms. The average Bonchev–Trinajstić information content (AvgIpc) is 3.25. The topological polar surface area (TPSA) is 95.0 Å². The molecule has 0 bridgehead atoms. The number of carbonyl (C=O) groups excluding carboxylic acids is 1. The van der Waals surface area contributed by atoms with Crippen LogP contribution in [-0.4, -0.2) is 29.9 Å². The van der Waals surface area contributed by atoms with Gasteiger partial charge in [-0.1, -0.05) is 12.1 Å². The number of hydrogen-bond acceptors (Lipinski definition) is 6. The van der Waals surface area contributed by atoms with E-state index in [-0.39, 0.29) is 30.2 Å². The van der Waals surface area contributed by atoms with E-state index in [1.54, 1.807) is 42.3 Å². The summed E-state index contributed by atoms with van der Waals surface area (Å²) in [7, 11) is 3.09. The van der Waals surface area contributed by atoms with E-state index in [1.807, 2.05) is 6.07 Å². The van der Waals surface area contributed by atoms with Crippen molar-refractivity contribution in [3.63, 3.8) is 0 Å². The Morgan fingerprint density at radius 1 is 1.03 bits per heavy atom. The van der Waals surface area contributed by atoms with Crippen molar-refractivity contribution < 1.29 is 23.6 Å². The summed E-state index contributed by atoms with van der Waals surface area (Å²) >= 11 is 0. The van der Waals surface area contributed by atoms with Gasteiger partial charge in [0, 0.05) is 24.2 Å². The van der Waals surface area contributed by atoms with Crippen molar-refractivity contribution in [3.8, 4) is 11.5 Å². The molecule has 1 aromatic heterocycles. The molecular weight excluding hydrogens is 376 g/mol. The molecule has 3 aromatic rings. The number of nitro benzene ring substituents is 1. The molecule has 1 heterocycles. The van der Waals surface area contributed by atoms with Gasteiger partial charge in [0.05, 0.1) is 32.0 Å². The van der Waals surface area contributed by atoms with E-state index in [0.717, 1.165) is 5.56 Å². The third-order valence-electron chi connectivity index (χ3n) is 4.34. The predicted molar refractivity (Wildman–Crippen MR) is 105 cm³/mol. The Hall–Kier alpha value is -3.81. The first-order chi connectivity index (χ1) is 14.0. The Balaban J connectivity index is 1.91. The number of non-ortho nitro benzene ring substituents is 1. The molecule has 0 aliphatic carbocycles. The number of carbonyl (C=O) groups is 1. The van der Waals surface area contributed by atoms with Crippen molar-refractivity contribution in [1.82, 2.24) is 4.90 Å². The zero-order valence-electron chi connectivity index (χ0n) is 16.0. The fourth-order valence-corrected chi connectivity index (χ4v) is 2.92. The quantitative estimate of drug-likeness (QED) is 0.421. The summed E-state index contributed by atoms with van der Waals surface area (Å²) in [6, 6.07) is 14.5. The van der Waals surface area contributed by atoms with Gasteiger partial charge in [-0.25, -0.2) is 0 Å². The second kappa shape index (κ2) is 8.92. The minimum absolute atomic E-state index is 0.139. The van der Waals surface area contributed by atoms with Crippen LogP contribution in [0.1, 0.15) is 21.7 Å². The number of benzene rings is 2. The summed E-state index contributed by atoms with van der Waals surface area (Å²) in [6.07, 6.45) is 1.53. The van der Waals surface area contributed by atoms with E-state index < -0.39 is 4.92 Å². The fraction of sp³-hybridized carbons (Fsp3) is 0.190. The standard InChI is InChI=1S/C21H20N2O6/c1-27-19-9-8-15(11-20(19)28-2)13-22(14-18-7-4-10-29-18)21(24)16-5-3-6-17(12-16)23(25)26/h3-12H,13-14H2,1-2H3. The maximum Gasteiger partial charge on any atom is 0.270 e. The molecule has 0 saturated heterocycles. The fourth-order valence-electron chi connectivity index (χ4n) is 2.92. The first-order valence-corrected chi connectivity index (χ1v) is 8.79. The van der Waals surface area contributed by atoms with E-state index >= 15 is 0 Å².